The number of imide groups is 2. The zero-order chi connectivity index (χ0) is 27.4. The van der Waals surface area contributed by atoms with E-state index in [-0.39, 0.29) is 5.57 Å². The molecule has 194 valence electrons. The summed E-state index contributed by atoms with van der Waals surface area (Å²) in [7, 11) is 0. The lowest BCUT2D eigenvalue weighted by atomic mass is 9.97. The van der Waals surface area contributed by atoms with Gasteiger partial charge in [0.05, 0.1) is 5.69 Å². The van der Waals surface area contributed by atoms with Crippen LogP contribution in [0.2, 0.25) is 5.02 Å². The van der Waals surface area contributed by atoms with Crippen molar-refractivity contribution < 1.29 is 19.1 Å². The van der Waals surface area contributed by atoms with Crippen molar-refractivity contribution in [3.8, 4) is 5.75 Å². The summed E-state index contributed by atoms with van der Waals surface area (Å²) in [5, 5.41) is 2.73. The Balaban J connectivity index is 1.41. The SMILES string of the molecule is O=C1NC(=O)N(c2ccc(OCc3ccccc3)cc2)C(=O)/C1=C/c1cc(Cl)ccc1Cc1ccccc1Br. The molecule has 0 saturated carbocycles. The fraction of sp³-hybridized carbons (Fsp3) is 0.0645. The van der Waals surface area contributed by atoms with E-state index in [4.69, 9.17) is 16.3 Å². The summed E-state index contributed by atoms with van der Waals surface area (Å²) in [4.78, 5) is 39.9. The van der Waals surface area contributed by atoms with Gasteiger partial charge in [0.1, 0.15) is 17.9 Å². The molecule has 4 aromatic rings. The van der Waals surface area contributed by atoms with Crippen molar-refractivity contribution in [2.75, 3.05) is 4.90 Å². The minimum atomic E-state index is -0.820. The van der Waals surface area contributed by atoms with E-state index in [0.29, 0.717) is 35.1 Å². The van der Waals surface area contributed by atoms with E-state index in [1.165, 1.54) is 6.08 Å². The predicted molar refractivity (Wildman–Crippen MR) is 155 cm³/mol. The van der Waals surface area contributed by atoms with Gasteiger partial charge in [-0.05, 0) is 77.2 Å². The van der Waals surface area contributed by atoms with Gasteiger partial charge in [-0.3, -0.25) is 14.9 Å². The second-order valence-corrected chi connectivity index (χ2v) is 10.1. The highest BCUT2D eigenvalue weighted by Crippen LogP contribution is 2.28. The van der Waals surface area contributed by atoms with Gasteiger partial charge in [0.2, 0.25) is 0 Å². The summed E-state index contributed by atoms with van der Waals surface area (Å²) in [6, 6.07) is 28.6. The maximum absolute atomic E-state index is 13.5. The van der Waals surface area contributed by atoms with Crippen molar-refractivity contribution in [1.29, 1.82) is 0 Å². The lowest BCUT2D eigenvalue weighted by Crippen LogP contribution is -2.54. The maximum Gasteiger partial charge on any atom is 0.335 e. The highest BCUT2D eigenvalue weighted by Gasteiger charge is 2.37. The molecular weight excluding hydrogens is 580 g/mol. The fourth-order valence-corrected chi connectivity index (χ4v) is 4.79. The number of benzene rings is 4. The van der Waals surface area contributed by atoms with Gasteiger partial charge in [-0.25, -0.2) is 9.69 Å². The van der Waals surface area contributed by atoms with Crippen LogP contribution < -0.4 is 15.0 Å². The summed E-state index contributed by atoms with van der Waals surface area (Å²) in [6.07, 6.45) is 2.02. The van der Waals surface area contributed by atoms with Crippen molar-refractivity contribution in [3.05, 3.63) is 134 Å². The van der Waals surface area contributed by atoms with Gasteiger partial charge < -0.3 is 4.74 Å². The number of anilines is 1. The van der Waals surface area contributed by atoms with Gasteiger partial charge in [-0.1, -0.05) is 82.1 Å². The molecule has 1 heterocycles. The van der Waals surface area contributed by atoms with Crippen LogP contribution in [0.25, 0.3) is 6.08 Å². The Bertz CT molecular complexity index is 1590. The number of nitrogens with one attached hydrogen (secondary N) is 1. The predicted octanol–water partition coefficient (Wildman–Crippen LogP) is 6.94. The van der Waals surface area contributed by atoms with Crippen molar-refractivity contribution in [2.45, 2.75) is 13.0 Å². The lowest BCUT2D eigenvalue weighted by Gasteiger charge is -2.26. The van der Waals surface area contributed by atoms with Crippen molar-refractivity contribution in [3.63, 3.8) is 0 Å². The molecule has 1 fully saturated rings. The number of hydrogen-bond acceptors (Lipinski definition) is 4. The van der Waals surface area contributed by atoms with Gasteiger partial charge in [-0.2, -0.15) is 0 Å². The molecule has 4 aromatic carbocycles. The largest absolute Gasteiger partial charge is 0.489 e. The number of urea groups is 1. The highest BCUT2D eigenvalue weighted by atomic mass is 79.9. The summed E-state index contributed by atoms with van der Waals surface area (Å²) in [5.74, 6) is -0.917. The van der Waals surface area contributed by atoms with Gasteiger partial charge in [0.25, 0.3) is 11.8 Å². The molecule has 1 aliphatic rings. The Morgan fingerprint density at radius 3 is 2.31 bits per heavy atom. The van der Waals surface area contributed by atoms with Gasteiger partial charge in [-0.15, -0.1) is 0 Å². The number of barbiturate groups is 1. The fourth-order valence-electron chi connectivity index (χ4n) is 4.19. The van der Waals surface area contributed by atoms with Crippen LogP contribution in [0.3, 0.4) is 0 Å². The molecule has 0 aliphatic carbocycles. The Morgan fingerprint density at radius 2 is 1.56 bits per heavy atom. The number of halogens is 2. The van der Waals surface area contributed by atoms with Crippen LogP contribution in [0.4, 0.5) is 10.5 Å². The van der Waals surface area contributed by atoms with Gasteiger partial charge in [0, 0.05) is 9.50 Å². The van der Waals surface area contributed by atoms with Gasteiger partial charge >= 0.3 is 6.03 Å². The van der Waals surface area contributed by atoms with E-state index in [2.05, 4.69) is 21.2 Å². The third kappa shape index (κ3) is 6.11. The van der Waals surface area contributed by atoms with Crippen LogP contribution >= 0.6 is 27.5 Å². The highest BCUT2D eigenvalue weighted by molar-refractivity contribution is 9.10. The van der Waals surface area contributed by atoms with Crippen LogP contribution in [0.5, 0.6) is 5.75 Å². The number of amides is 4. The summed E-state index contributed by atoms with van der Waals surface area (Å²) < 4.78 is 6.74. The molecule has 0 aromatic heterocycles. The molecule has 1 saturated heterocycles. The van der Waals surface area contributed by atoms with E-state index < -0.39 is 17.8 Å². The summed E-state index contributed by atoms with van der Waals surface area (Å²) >= 11 is 9.83. The topological polar surface area (TPSA) is 75.7 Å². The first-order chi connectivity index (χ1) is 18.9. The Hall–Kier alpha value is -4.20. The Kier molecular flexibility index (Phi) is 7.91. The second-order valence-electron chi connectivity index (χ2n) is 8.84. The van der Waals surface area contributed by atoms with Crippen LogP contribution in [0, 0.1) is 0 Å². The number of hydrogen-bond donors (Lipinski definition) is 1. The molecule has 0 bridgehead atoms. The smallest absolute Gasteiger partial charge is 0.335 e. The average Bonchev–Trinajstić information content (AvgIpc) is 2.93. The molecule has 0 atom stereocenters. The Morgan fingerprint density at radius 1 is 0.846 bits per heavy atom. The van der Waals surface area contributed by atoms with E-state index >= 15 is 0 Å². The van der Waals surface area contributed by atoms with E-state index in [0.717, 1.165) is 26.1 Å². The first-order valence-electron chi connectivity index (χ1n) is 12.1. The molecular formula is C31H22BrClN2O4. The number of rotatable bonds is 7. The molecule has 1 N–H and O–H groups in total. The molecule has 6 nitrogen and oxygen atoms in total. The van der Waals surface area contributed by atoms with Crippen LogP contribution in [-0.4, -0.2) is 17.8 Å². The van der Waals surface area contributed by atoms with Crippen molar-refractivity contribution >= 4 is 57.1 Å². The number of carbonyl (C=O) groups is 3. The summed E-state index contributed by atoms with van der Waals surface area (Å²) in [5.41, 5.74) is 3.65. The molecule has 39 heavy (non-hydrogen) atoms. The maximum atomic E-state index is 13.5. The molecule has 8 heteroatoms. The quantitative estimate of drug-likeness (QED) is 0.184. The van der Waals surface area contributed by atoms with Crippen LogP contribution in [-0.2, 0) is 22.6 Å². The normalized spacial score (nSPS) is 14.5. The third-order valence-electron chi connectivity index (χ3n) is 6.19. The summed E-state index contributed by atoms with van der Waals surface area (Å²) in [6.45, 7) is 0.381. The first-order valence-corrected chi connectivity index (χ1v) is 13.3. The zero-order valence-corrected chi connectivity index (χ0v) is 22.9. The van der Waals surface area contributed by atoms with E-state index in [1.807, 2.05) is 60.7 Å². The Labute approximate surface area is 239 Å². The standard InChI is InChI=1S/C31H22BrClN2O4/c32-28-9-5-4-8-22(28)16-21-10-11-24(33)17-23(21)18-27-29(36)34-31(38)35(30(27)37)25-12-14-26(15-13-25)39-19-20-6-2-1-3-7-20/h1-15,17-18H,16,19H2,(H,34,36,38)/b27-18+. The average molecular weight is 602 g/mol. The first kappa shape index (κ1) is 26.4. The minimum absolute atomic E-state index is 0.172. The molecule has 0 spiro atoms. The monoisotopic (exact) mass is 600 g/mol. The van der Waals surface area contributed by atoms with Gasteiger partial charge in [0.15, 0.2) is 0 Å². The van der Waals surface area contributed by atoms with Crippen molar-refractivity contribution in [1.82, 2.24) is 5.32 Å². The minimum Gasteiger partial charge on any atom is -0.489 e. The van der Waals surface area contributed by atoms with Crippen LogP contribution in [0.1, 0.15) is 22.3 Å². The second kappa shape index (κ2) is 11.7. The molecule has 0 unspecified atom stereocenters. The number of ether oxygens (including phenoxy) is 1. The molecule has 4 amide bonds. The number of nitrogens with zero attached hydrogens (tertiary/aromatic N) is 1. The van der Waals surface area contributed by atoms with E-state index in [1.54, 1.807) is 36.4 Å². The van der Waals surface area contributed by atoms with Crippen LogP contribution in [0.15, 0.2) is 107 Å². The van der Waals surface area contributed by atoms with E-state index in [9.17, 15) is 14.4 Å². The lowest BCUT2D eigenvalue weighted by molar-refractivity contribution is -0.122. The molecule has 5 rings (SSSR count). The zero-order valence-electron chi connectivity index (χ0n) is 20.6. The molecule has 0 radical (unpaired) electrons. The third-order valence-corrected chi connectivity index (χ3v) is 7.20. The molecule has 1 aliphatic heterocycles. The van der Waals surface area contributed by atoms with Crippen molar-refractivity contribution in [2.24, 2.45) is 0 Å². The number of carbonyl (C=O) groups excluding carboxylic acids is 3.